The van der Waals surface area contributed by atoms with Gasteiger partial charge in [0.15, 0.2) is 0 Å². The van der Waals surface area contributed by atoms with Gasteiger partial charge in [-0.2, -0.15) is 0 Å². The van der Waals surface area contributed by atoms with Crippen LogP contribution in [0.3, 0.4) is 0 Å². The van der Waals surface area contributed by atoms with E-state index in [4.69, 9.17) is 10.5 Å². The lowest BCUT2D eigenvalue weighted by atomic mass is 10.1. The predicted molar refractivity (Wildman–Crippen MR) is 79.4 cm³/mol. The fraction of sp³-hybridized carbons (Fsp3) is 0.267. The van der Waals surface area contributed by atoms with Gasteiger partial charge in [-0.05, 0) is 37.1 Å². The van der Waals surface area contributed by atoms with Crippen molar-refractivity contribution < 1.29 is 9.66 Å². The zero-order valence-corrected chi connectivity index (χ0v) is 11.9. The minimum atomic E-state index is -0.469. The number of ether oxygens (including phenoxy) is 1. The van der Waals surface area contributed by atoms with Crippen molar-refractivity contribution in [2.45, 2.75) is 26.3 Å². The average Bonchev–Trinajstić information content (AvgIpc) is 2.47. The van der Waals surface area contributed by atoms with Gasteiger partial charge < -0.3 is 10.5 Å². The first-order valence-corrected chi connectivity index (χ1v) is 6.65. The summed E-state index contributed by atoms with van der Waals surface area (Å²) < 4.78 is 5.58. The Morgan fingerprint density at radius 3 is 2.71 bits per heavy atom. The Hall–Kier alpha value is -2.47. The first kappa shape index (κ1) is 14.9. The molecular weight excluding hydrogens is 270 g/mol. The summed E-state index contributed by atoms with van der Waals surface area (Å²) in [5.41, 5.74) is 7.46. The largest absolute Gasteiger partial charge is 0.448 e. The molecule has 0 radical (unpaired) electrons. The average molecular weight is 287 g/mol. The molecule has 0 aliphatic heterocycles. The van der Waals surface area contributed by atoms with Gasteiger partial charge in [-0.25, -0.2) is 0 Å². The van der Waals surface area contributed by atoms with Crippen LogP contribution in [0, 0.1) is 17.0 Å². The van der Waals surface area contributed by atoms with Crippen molar-refractivity contribution in [1.82, 2.24) is 4.98 Å². The van der Waals surface area contributed by atoms with Gasteiger partial charge >= 0.3 is 5.69 Å². The minimum Gasteiger partial charge on any atom is -0.448 e. The summed E-state index contributed by atoms with van der Waals surface area (Å²) in [7, 11) is 0. The standard InChI is InChI=1S/C15H17N3O3/c1-3-12(16)13-6-5-11(9-17-13)21-15-8-10(2)4-7-14(15)18(19)20/h4-9,12H,3,16H2,1-2H3/t12-/m1/s1. The van der Waals surface area contributed by atoms with Gasteiger partial charge in [0.2, 0.25) is 5.75 Å². The molecule has 0 bridgehead atoms. The second-order valence-electron chi connectivity index (χ2n) is 4.76. The van der Waals surface area contributed by atoms with Gasteiger partial charge in [-0.15, -0.1) is 0 Å². The maximum absolute atomic E-state index is 11.0. The van der Waals surface area contributed by atoms with E-state index in [1.165, 1.54) is 12.3 Å². The van der Waals surface area contributed by atoms with E-state index in [9.17, 15) is 10.1 Å². The van der Waals surface area contributed by atoms with Crippen molar-refractivity contribution in [1.29, 1.82) is 0 Å². The lowest BCUT2D eigenvalue weighted by Crippen LogP contribution is -2.10. The van der Waals surface area contributed by atoms with Crippen LogP contribution in [-0.2, 0) is 0 Å². The van der Waals surface area contributed by atoms with Crippen molar-refractivity contribution >= 4 is 5.69 Å². The zero-order valence-electron chi connectivity index (χ0n) is 11.9. The maximum atomic E-state index is 11.0. The highest BCUT2D eigenvalue weighted by molar-refractivity contribution is 5.50. The van der Waals surface area contributed by atoms with Crippen LogP contribution in [0.1, 0.15) is 30.6 Å². The Balaban J connectivity index is 2.26. The molecule has 0 aliphatic rings. The number of nitrogens with two attached hydrogens (primary N) is 1. The molecule has 0 amide bonds. The van der Waals surface area contributed by atoms with Crippen molar-refractivity contribution in [3.63, 3.8) is 0 Å². The van der Waals surface area contributed by atoms with E-state index in [0.717, 1.165) is 17.7 Å². The minimum absolute atomic E-state index is 0.0741. The summed E-state index contributed by atoms with van der Waals surface area (Å²) in [5.74, 6) is 0.644. The highest BCUT2D eigenvalue weighted by atomic mass is 16.6. The summed E-state index contributed by atoms with van der Waals surface area (Å²) in [6.45, 7) is 3.82. The number of rotatable bonds is 5. The summed E-state index contributed by atoms with van der Waals surface area (Å²) in [6, 6.07) is 8.10. The first-order valence-electron chi connectivity index (χ1n) is 6.65. The number of hydrogen-bond acceptors (Lipinski definition) is 5. The number of nitrogens with zero attached hydrogens (tertiary/aromatic N) is 2. The fourth-order valence-corrected chi connectivity index (χ4v) is 1.86. The van der Waals surface area contributed by atoms with E-state index < -0.39 is 4.92 Å². The zero-order chi connectivity index (χ0) is 15.4. The molecule has 1 aromatic carbocycles. The third kappa shape index (κ3) is 3.55. The summed E-state index contributed by atoms with van der Waals surface area (Å²) in [4.78, 5) is 14.8. The first-order chi connectivity index (χ1) is 10.0. The molecule has 0 saturated heterocycles. The quantitative estimate of drug-likeness (QED) is 0.671. The van der Waals surface area contributed by atoms with E-state index in [-0.39, 0.29) is 17.5 Å². The van der Waals surface area contributed by atoms with Crippen molar-refractivity contribution in [2.24, 2.45) is 5.73 Å². The van der Waals surface area contributed by atoms with Crippen LogP contribution >= 0.6 is 0 Å². The topological polar surface area (TPSA) is 91.3 Å². The number of pyridine rings is 1. The molecule has 0 saturated carbocycles. The molecule has 0 unspecified atom stereocenters. The van der Waals surface area contributed by atoms with Crippen molar-refractivity contribution in [3.8, 4) is 11.5 Å². The molecule has 2 aromatic rings. The van der Waals surface area contributed by atoms with E-state index in [1.807, 2.05) is 13.8 Å². The molecule has 21 heavy (non-hydrogen) atoms. The molecule has 110 valence electrons. The SMILES string of the molecule is CC[C@@H](N)c1ccc(Oc2cc(C)ccc2[N+](=O)[O-])cn1. The molecule has 2 rings (SSSR count). The van der Waals surface area contributed by atoms with Crippen LogP contribution in [0.2, 0.25) is 0 Å². The Morgan fingerprint density at radius 2 is 2.14 bits per heavy atom. The van der Waals surface area contributed by atoms with Crippen LogP contribution in [-0.4, -0.2) is 9.91 Å². The number of hydrogen-bond donors (Lipinski definition) is 1. The molecule has 2 N–H and O–H groups in total. The third-order valence-corrected chi connectivity index (χ3v) is 3.12. The molecule has 1 aromatic heterocycles. The monoisotopic (exact) mass is 287 g/mol. The predicted octanol–water partition coefficient (Wildman–Crippen LogP) is 3.50. The Kier molecular flexibility index (Phi) is 4.49. The molecule has 1 atom stereocenters. The third-order valence-electron chi connectivity index (χ3n) is 3.12. The number of nitro groups is 1. The summed E-state index contributed by atoms with van der Waals surface area (Å²) in [6.07, 6.45) is 2.31. The lowest BCUT2D eigenvalue weighted by Gasteiger charge is -2.10. The summed E-state index contributed by atoms with van der Waals surface area (Å²) >= 11 is 0. The molecule has 0 aliphatic carbocycles. The number of benzene rings is 1. The lowest BCUT2D eigenvalue weighted by molar-refractivity contribution is -0.385. The molecule has 0 fully saturated rings. The maximum Gasteiger partial charge on any atom is 0.311 e. The van der Waals surface area contributed by atoms with Crippen LogP contribution in [0.15, 0.2) is 36.5 Å². The van der Waals surface area contributed by atoms with Gasteiger partial charge in [0, 0.05) is 12.1 Å². The van der Waals surface area contributed by atoms with Crippen LogP contribution in [0.4, 0.5) is 5.69 Å². The normalized spacial score (nSPS) is 12.0. The van der Waals surface area contributed by atoms with E-state index in [1.54, 1.807) is 24.3 Å². The molecule has 6 heteroatoms. The molecule has 0 spiro atoms. The number of aryl methyl sites for hydroxylation is 1. The summed E-state index contributed by atoms with van der Waals surface area (Å²) in [5, 5.41) is 11.0. The van der Waals surface area contributed by atoms with Gasteiger partial charge in [0.1, 0.15) is 5.75 Å². The molecule has 1 heterocycles. The van der Waals surface area contributed by atoms with Crippen molar-refractivity contribution in [2.75, 3.05) is 0 Å². The Morgan fingerprint density at radius 1 is 1.38 bits per heavy atom. The van der Waals surface area contributed by atoms with E-state index in [0.29, 0.717) is 5.75 Å². The van der Waals surface area contributed by atoms with Crippen LogP contribution < -0.4 is 10.5 Å². The van der Waals surface area contributed by atoms with E-state index >= 15 is 0 Å². The molecular formula is C15H17N3O3. The second-order valence-corrected chi connectivity index (χ2v) is 4.76. The van der Waals surface area contributed by atoms with Gasteiger partial charge in [0.25, 0.3) is 0 Å². The van der Waals surface area contributed by atoms with Crippen LogP contribution in [0.25, 0.3) is 0 Å². The smallest absolute Gasteiger partial charge is 0.311 e. The number of nitro benzene ring substituents is 1. The fourth-order valence-electron chi connectivity index (χ4n) is 1.86. The number of aromatic nitrogens is 1. The second kappa shape index (κ2) is 6.32. The Bertz CT molecular complexity index is 641. The highest BCUT2D eigenvalue weighted by Crippen LogP contribution is 2.32. The van der Waals surface area contributed by atoms with Gasteiger partial charge in [0.05, 0.1) is 16.8 Å². The van der Waals surface area contributed by atoms with Gasteiger partial charge in [-0.1, -0.05) is 13.0 Å². The highest BCUT2D eigenvalue weighted by Gasteiger charge is 2.16. The van der Waals surface area contributed by atoms with E-state index in [2.05, 4.69) is 4.98 Å². The Labute approximate surface area is 122 Å². The van der Waals surface area contributed by atoms with Crippen LogP contribution in [0.5, 0.6) is 11.5 Å². The molecule has 6 nitrogen and oxygen atoms in total. The van der Waals surface area contributed by atoms with Gasteiger partial charge in [-0.3, -0.25) is 15.1 Å². The van der Waals surface area contributed by atoms with Crippen molar-refractivity contribution in [3.05, 3.63) is 57.9 Å².